The van der Waals surface area contributed by atoms with Gasteiger partial charge in [0, 0.05) is 12.1 Å². The van der Waals surface area contributed by atoms with Gasteiger partial charge in [0.15, 0.2) is 0 Å². The first-order valence-corrected chi connectivity index (χ1v) is 7.95. The number of carbonyl (C=O) groups excluding carboxylic acids is 2. The molecule has 2 aromatic rings. The van der Waals surface area contributed by atoms with Crippen molar-refractivity contribution < 1.29 is 18.0 Å². The number of carbonyl (C=O) groups is 2. The molecule has 1 aromatic heterocycles. The van der Waals surface area contributed by atoms with E-state index < -0.39 is 21.7 Å². The van der Waals surface area contributed by atoms with Crippen LogP contribution in [0.3, 0.4) is 0 Å². The first-order chi connectivity index (χ1) is 9.31. The minimum absolute atomic E-state index is 0.115. The molecule has 0 saturated carbocycles. The highest BCUT2D eigenvalue weighted by molar-refractivity contribution is 7.91. The van der Waals surface area contributed by atoms with E-state index in [1.54, 1.807) is 19.1 Å². The topological polar surface area (TPSA) is 119 Å². The van der Waals surface area contributed by atoms with Crippen molar-refractivity contribution in [3.8, 4) is 0 Å². The van der Waals surface area contributed by atoms with E-state index in [-0.39, 0.29) is 10.8 Å². The molecule has 106 valence electrons. The average Bonchev–Trinajstić information content (AvgIpc) is 2.80. The van der Waals surface area contributed by atoms with Crippen LogP contribution in [0.2, 0.25) is 0 Å². The number of hydrogen-bond acceptors (Lipinski definition) is 6. The predicted molar refractivity (Wildman–Crippen MR) is 74.9 cm³/mol. The van der Waals surface area contributed by atoms with E-state index in [9.17, 15) is 18.0 Å². The van der Waals surface area contributed by atoms with E-state index in [0.717, 1.165) is 11.3 Å². The van der Waals surface area contributed by atoms with Gasteiger partial charge in [-0.1, -0.05) is 6.92 Å². The molecule has 20 heavy (non-hydrogen) atoms. The summed E-state index contributed by atoms with van der Waals surface area (Å²) in [5.41, 5.74) is 0.854. The zero-order valence-corrected chi connectivity index (χ0v) is 12.0. The zero-order chi connectivity index (χ0) is 14.9. The van der Waals surface area contributed by atoms with Crippen LogP contribution >= 0.6 is 11.3 Å². The molecule has 1 heterocycles. The number of nitrogens with zero attached hydrogens (tertiary/aromatic N) is 1. The summed E-state index contributed by atoms with van der Waals surface area (Å²) in [7, 11) is -3.85. The Balaban J connectivity index is 2.34. The van der Waals surface area contributed by atoms with Crippen molar-refractivity contribution in [3.63, 3.8) is 0 Å². The smallest absolute Gasteiger partial charge is 0.291 e. The van der Waals surface area contributed by atoms with Crippen LogP contribution < -0.4 is 10.5 Å². The molecule has 0 bridgehead atoms. The van der Waals surface area contributed by atoms with Gasteiger partial charge in [-0.3, -0.25) is 9.59 Å². The number of nitrogens with two attached hydrogens (primary N) is 1. The lowest BCUT2D eigenvalue weighted by Crippen LogP contribution is -2.21. The molecule has 2 rings (SSSR count). The fourth-order valence-corrected chi connectivity index (χ4v) is 3.16. The van der Waals surface area contributed by atoms with Crippen LogP contribution in [0.25, 0.3) is 10.2 Å². The number of benzene rings is 1. The average molecular weight is 313 g/mol. The number of thiazole rings is 1. The molecule has 0 radical (unpaired) electrons. The van der Waals surface area contributed by atoms with Crippen molar-refractivity contribution in [2.45, 2.75) is 17.7 Å². The van der Waals surface area contributed by atoms with Crippen molar-refractivity contribution in [2.75, 3.05) is 5.32 Å². The van der Waals surface area contributed by atoms with Gasteiger partial charge in [-0.2, -0.15) is 0 Å². The summed E-state index contributed by atoms with van der Waals surface area (Å²) in [4.78, 5) is 26.5. The molecule has 0 aliphatic carbocycles. The van der Waals surface area contributed by atoms with Crippen LogP contribution in [0.15, 0.2) is 22.5 Å². The second-order valence-corrected chi connectivity index (χ2v) is 6.70. The molecule has 0 saturated heterocycles. The summed E-state index contributed by atoms with van der Waals surface area (Å²) in [6.45, 7) is 1.59. The maximum absolute atomic E-state index is 11.5. The monoisotopic (exact) mass is 313 g/mol. The van der Waals surface area contributed by atoms with E-state index in [2.05, 4.69) is 10.3 Å². The van der Waals surface area contributed by atoms with Gasteiger partial charge in [0.25, 0.3) is 15.9 Å². The molecule has 1 amide bonds. The number of Topliss-reactive ketones (excluding diaryl/α,β-unsaturated/α-hetero) is 1. The Morgan fingerprint density at radius 2 is 2.10 bits per heavy atom. The van der Waals surface area contributed by atoms with Gasteiger partial charge >= 0.3 is 0 Å². The molecule has 0 unspecified atom stereocenters. The van der Waals surface area contributed by atoms with Gasteiger partial charge in [0.05, 0.1) is 10.2 Å². The number of ketones is 1. The number of anilines is 1. The molecule has 3 N–H and O–H groups in total. The zero-order valence-electron chi connectivity index (χ0n) is 10.4. The predicted octanol–water partition coefficient (Wildman–Crippen LogP) is 0.861. The lowest BCUT2D eigenvalue weighted by atomic mass is 10.2. The largest absolute Gasteiger partial charge is 0.319 e. The highest BCUT2D eigenvalue weighted by Crippen LogP contribution is 2.27. The molecule has 0 aliphatic rings. The minimum atomic E-state index is -3.85. The second-order valence-electron chi connectivity index (χ2n) is 3.94. The third-order valence-electron chi connectivity index (χ3n) is 2.44. The van der Waals surface area contributed by atoms with Crippen LogP contribution in [0, 0.1) is 0 Å². The molecular weight excluding hydrogens is 302 g/mol. The highest BCUT2D eigenvalue weighted by atomic mass is 32.2. The number of fused-ring (bicyclic) bond motifs is 1. The van der Waals surface area contributed by atoms with E-state index in [4.69, 9.17) is 5.14 Å². The maximum Gasteiger partial charge on any atom is 0.291 e. The number of primary sulfonamides is 1. The van der Waals surface area contributed by atoms with E-state index >= 15 is 0 Å². The van der Waals surface area contributed by atoms with Gasteiger partial charge in [-0.05, 0) is 18.2 Å². The summed E-state index contributed by atoms with van der Waals surface area (Å²) in [6, 6.07) is 4.63. The molecule has 0 aliphatic heterocycles. The van der Waals surface area contributed by atoms with Crippen molar-refractivity contribution in [2.24, 2.45) is 5.14 Å². The third kappa shape index (κ3) is 3.00. The van der Waals surface area contributed by atoms with Crippen molar-refractivity contribution in [3.05, 3.63) is 18.2 Å². The summed E-state index contributed by atoms with van der Waals surface area (Å²) in [5, 5.41) is 7.45. The molecule has 0 spiro atoms. The van der Waals surface area contributed by atoms with Crippen LogP contribution in [-0.4, -0.2) is 25.1 Å². The lowest BCUT2D eigenvalue weighted by Gasteiger charge is -2.02. The van der Waals surface area contributed by atoms with E-state index in [1.165, 1.54) is 6.07 Å². The van der Waals surface area contributed by atoms with Gasteiger partial charge in [0.2, 0.25) is 10.1 Å². The van der Waals surface area contributed by atoms with Crippen LogP contribution in [-0.2, 0) is 19.6 Å². The van der Waals surface area contributed by atoms with Gasteiger partial charge in [-0.25, -0.2) is 18.5 Å². The van der Waals surface area contributed by atoms with E-state index in [1.807, 2.05) is 0 Å². The summed E-state index contributed by atoms with van der Waals surface area (Å²) < 4.78 is 22.8. The minimum Gasteiger partial charge on any atom is -0.319 e. The number of hydrogen-bond donors (Lipinski definition) is 2. The fraction of sp³-hybridized carbons (Fsp3) is 0.182. The summed E-state index contributed by atoms with van der Waals surface area (Å²) in [5.74, 6) is -1.23. The Bertz CT molecular complexity index is 795. The van der Waals surface area contributed by atoms with Crippen molar-refractivity contribution >= 4 is 49.0 Å². The summed E-state index contributed by atoms with van der Waals surface area (Å²) in [6.07, 6.45) is 0.115. The summed E-state index contributed by atoms with van der Waals surface area (Å²) >= 11 is 0.899. The Morgan fingerprint density at radius 3 is 2.70 bits per heavy atom. The number of aromatic nitrogens is 1. The Kier molecular flexibility index (Phi) is 3.84. The third-order valence-corrected chi connectivity index (χ3v) is 4.78. The standard InChI is InChI=1S/C11H11N3O4S2/c1-2-8(15)10(16)13-6-3-4-7-9(5-6)19-11(14-7)20(12,17)18/h3-5H,2H2,1H3,(H,13,16)(H2,12,17,18). The van der Waals surface area contributed by atoms with Crippen LogP contribution in [0.5, 0.6) is 0 Å². The number of nitrogens with one attached hydrogen (secondary N) is 1. The number of sulfonamides is 1. The Labute approximate surface area is 118 Å². The van der Waals surface area contributed by atoms with Crippen LogP contribution in [0.4, 0.5) is 5.69 Å². The van der Waals surface area contributed by atoms with Crippen molar-refractivity contribution in [1.82, 2.24) is 4.98 Å². The fourth-order valence-electron chi connectivity index (χ4n) is 1.46. The quantitative estimate of drug-likeness (QED) is 0.811. The molecule has 9 heteroatoms. The number of amides is 1. The molecule has 0 fully saturated rings. The van der Waals surface area contributed by atoms with Gasteiger partial charge in [-0.15, -0.1) is 11.3 Å². The van der Waals surface area contributed by atoms with Crippen molar-refractivity contribution in [1.29, 1.82) is 0 Å². The van der Waals surface area contributed by atoms with Gasteiger partial charge < -0.3 is 5.32 Å². The second kappa shape index (κ2) is 5.27. The SMILES string of the molecule is CCC(=O)C(=O)Nc1ccc2nc(S(N)(=O)=O)sc2c1. The molecule has 7 nitrogen and oxygen atoms in total. The Hall–Kier alpha value is -1.84. The van der Waals surface area contributed by atoms with E-state index in [0.29, 0.717) is 15.9 Å². The van der Waals surface area contributed by atoms with Crippen LogP contribution in [0.1, 0.15) is 13.3 Å². The number of rotatable bonds is 4. The first-order valence-electron chi connectivity index (χ1n) is 5.59. The molecular formula is C11H11N3O4S2. The first kappa shape index (κ1) is 14.6. The highest BCUT2D eigenvalue weighted by Gasteiger charge is 2.16. The normalized spacial score (nSPS) is 11.5. The lowest BCUT2D eigenvalue weighted by molar-refractivity contribution is -0.134. The molecule has 1 aromatic carbocycles. The van der Waals surface area contributed by atoms with Gasteiger partial charge in [0.1, 0.15) is 0 Å². The Morgan fingerprint density at radius 1 is 1.40 bits per heavy atom. The maximum atomic E-state index is 11.5. The molecule has 0 atom stereocenters.